The highest BCUT2D eigenvalue weighted by Gasteiger charge is 2.23. The Labute approximate surface area is 204 Å². The van der Waals surface area contributed by atoms with Crippen LogP contribution in [-0.2, 0) is 23.5 Å². The van der Waals surface area contributed by atoms with Crippen molar-refractivity contribution in [1.29, 1.82) is 0 Å². The third kappa shape index (κ3) is 4.28. The molecule has 0 bridgehead atoms. The lowest BCUT2D eigenvalue weighted by molar-refractivity contribution is 0.0937. The van der Waals surface area contributed by atoms with Crippen molar-refractivity contribution in [3.63, 3.8) is 0 Å². The zero-order chi connectivity index (χ0) is 23.8. The maximum Gasteiger partial charge on any atom is 0.336 e. The summed E-state index contributed by atoms with van der Waals surface area (Å²) >= 11 is 3.03. The van der Waals surface area contributed by atoms with Crippen molar-refractivity contribution in [2.75, 3.05) is 13.7 Å². The molecule has 1 saturated heterocycles. The lowest BCUT2D eigenvalue weighted by atomic mass is 10.1. The molecule has 0 spiro atoms. The molecule has 4 heterocycles. The van der Waals surface area contributed by atoms with Gasteiger partial charge in [-0.2, -0.15) is 0 Å². The lowest BCUT2D eigenvalue weighted by Crippen LogP contribution is -2.29. The van der Waals surface area contributed by atoms with Gasteiger partial charge in [0.25, 0.3) is 5.56 Å². The van der Waals surface area contributed by atoms with Gasteiger partial charge in [-0.1, -0.05) is 18.7 Å². The molecule has 0 amide bonds. The number of thiophene rings is 1. The van der Waals surface area contributed by atoms with Crippen LogP contribution in [0.15, 0.2) is 43.4 Å². The summed E-state index contributed by atoms with van der Waals surface area (Å²) in [5, 5.41) is 2.21. The van der Waals surface area contributed by atoms with Crippen molar-refractivity contribution >= 4 is 44.3 Å². The molecule has 3 aromatic heterocycles. The van der Waals surface area contributed by atoms with E-state index in [1.807, 2.05) is 19.1 Å². The Morgan fingerprint density at radius 2 is 2.15 bits per heavy atom. The van der Waals surface area contributed by atoms with Crippen molar-refractivity contribution in [2.45, 2.75) is 56.7 Å². The van der Waals surface area contributed by atoms with Gasteiger partial charge in [0.15, 0.2) is 5.16 Å². The van der Waals surface area contributed by atoms with Crippen LogP contribution in [0, 0.1) is 6.92 Å². The minimum absolute atomic E-state index is 0.00799. The summed E-state index contributed by atoms with van der Waals surface area (Å²) < 4.78 is 18.3. The van der Waals surface area contributed by atoms with E-state index in [0.29, 0.717) is 28.8 Å². The molecule has 5 rings (SSSR count). The predicted octanol–water partition coefficient (Wildman–Crippen LogP) is 4.92. The third-order valence-electron chi connectivity index (χ3n) is 6.24. The summed E-state index contributed by atoms with van der Waals surface area (Å²) in [6, 6.07) is 6.95. The minimum atomic E-state index is -0.419. The molecule has 1 atom stereocenters. The zero-order valence-corrected chi connectivity index (χ0v) is 21.0. The molecule has 1 aliphatic heterocycles. The van der Waals surface area contributed by atoms with Crippen molar-refractivity contribution < 1.29 is 13.9 Å². The standard InChI is InChI=1S/C25H26N2O5S2/c1-4-18-14(2)34-23-22(18)24(29)27(12-17-6-5-9-31-17)25(26-23)33-13-15-10-21(28)32-20-11-16(30-3)7-8-19(15)20/h7-8,10-11,17H,4-6,9,12-13H2,1-3H3. The van der Waals surface area contributed by atoms with Gasteiger partial charge in [0, 0.05) is 34.8 Å². The van der Waals surface area contributed by atoms with Crippen LogP contribution in [0.2, 0.25) is 0 Å². The van der Waals surface area contributed by atoms with Gasteiger partial charge in [-0.05, 0) is 49.4 Å². The first-order chi connectivity index (χ1) is 16.5. The summed E-state index contributed by atoms with van der Waals surface area (Å²) in [7, 11) is 1.57. The first-order valence-electron chi connectivity index (χ1n) is 11.4. The van der Waals surface area contributed by atoms with Crippen LogP contribution in [0.25, 0.3) is 21.2 Å². The molecular weight excluding hydrogens is 472 g/mol. The highest BCUT2D eigenvalue weighted by Crippen LogP contribution is 2.32. The second-order valence-corrected chi connectivity index (χ2v) is 10.5. The molecule has 1 fully saturated rings. The Morgan fingerprint density at radius 3 is 2.88 bits per heavy atom. The number of aromatic nitrogens is 2. The number of methoxy groups -OCH3 is 1. The number of rotatable bonds is 7. The van der Waals surface area contributed by atoms with Crippen molar-refractivity contribution in [1.82, 2.24) is 9.55 Å². The molecule has 1 aliphatic rings. The molecule has 0 radical (unpaired) electrons. The second kappa shape index (κ2) is 9.56. The molecule has 178 valence electrons. The maximum atomic E-state index is 13.7. The Hall–Kier alpha value is -2.62. The van der Waals surface area contributed by atoms with Gasteiger partial charge in [-0.15, -0.1) is 11.3 Å². The quantitative estimate of drug-likeness (QED) is 0.203. The van der Waals surface area contributed by atoms with E-state index in [-0.39, 0.29) is 11.7 Å². The zero-order valence-electron chi connectivity index (χ0n) is 19.4. The van der Waals surface area contributed by atoms with E-state index in [2.05, 4.69) is 6.92 Å². The summed E-state index contributed by atoms with van der Waals surface area (Å²) in [6.45, 7) is 5.33. The number of fused-ring (bicyclic) bond motifs is 2. The van der Waals surface area contributed by atoms with E-state index >= 15 is 0 Å². The minimum Gasteiger partial charge on any atom is -0.497 e. The Morgan fingerprint density at radius 1 is 1.29 bits per heavy atom. The largest absolute Gasteiger partial charge is 0.497 e. The summed E-state index contributed by atoms with van der Waals surface area (Å²) in [4.78, 5) is 32.7. The van der Waals surface area contributed by atoms with Gasteiger partial charge < -0.3 is 13.9 Å². The molecule has 9 heteroatoms. The van der Waals surface area contributed by atoms with Crippen LogP contribution in [0.1, 0.15) is 35.8 Å². The molecule has 0 aliphatic carbocycles. The normalized spacial score (nSPS) is 16.0. The van der Waals surface area contributed by atoms with E-state index in [1.165, 1.54) is 17.8 Å². The molecule has 1 aromatic carbocycles. The van der Waals surface area contributed by atoms with Crippen LogP contribution in [0.5, 0.6) is 5.75 Å². The Kier molecular flexibility index (Phi) is 6.50. The van der Waals surface area contributed by atoms with Crippen LogP contribution in [-0.4, -0.2) is 29.4 Å². The SMILES string of the molecule is CCc1c(C)sc2nc(SCc3cc(=O)oc4cc(OC)ccc34)n(CC3CCCO3)c(=O)c12. The van der Waals surface area contributed by atoms with Crippen LogP contribution >= 0.6 is 23.1 Å². The molecular formula is C25H26N2O5S2. The molecule has 4 aromatic rings. The predicted molar refractivity (Wildman–Crippen MR) is 136 cm³/mol. The first kappa shape index (κ1) is 23.1. The van der Waals surface area contributed by atoms with Gasteiger partial charge in [0.1, 0.15) is 16.2 Å². The van der Waals surface area contributed by atoms with E-state index in [4.69, 9.17) is 18.9 Å². The summed E-state index contributed by atoms with van der Waals surface area (Å²) in [5.74, 6) is 1.10. The average Bonchev–Trinajstić information content (AvgIpc) is 3.45. The lowest BCUT2D eigenvalue weighted by Gasteiger charge is -2.16. The van der Waals surface area contributed by atoms with E-state index < -0.39 is 5.63 Å². The smallest absolute Gasteiger partial charge is 0.336 e. The third-order valence-corrected chi connectivity index (χ3v) is 8.30. The fraction of sp³-hybridized carbons (Fsp3) is 0.400. The molecule has 1 unspecified atom stereocenters. The molecule has 0 saturated carbocycles. The molecule has 7 nitrogen and oxygen atoms in total. The van der Waals surface area contributed by atoms with E-state index in [0.717, 1.165) is 57.5 Å². The van der Waals surface area contributed by atoms with Crippen LogP contribution in [0.3, 0.4) is 0 Å². The number of ether oxygens (including phenoxy) is 2. The summed E-state index contributed by atoms with van der Waals surface area (Å²) in [6.07, 6.45) is 2.75. The molecule has 0 N–H and O–H groups in total. The number of benzene rings is 1. The number of thioether (sulfide) groups is 1. The highest BCUT2D eigenvalue weighted by atomic mass is 32.2. The first-order valence-corrected chi connectivity index (χ1v) is 13.2. The Bertz CT molecular complexity index is 1480. The molecule has 34 heavy (non-hydrogen) atoms. The second-order valence-electron chi connectivity index (χ2n) is 8.36. The van der Waals surface area contributed by atoms with Crippen LogP contribution in [0.4, 0.5) is 0 Å². The topological polar surface area (TPSA) is 83.6 Å². The van der Waals surface area contributed by atoms with E-state index in [1.54, 1.807) is 29.1 Å². The Balaban J connectivity index is 1.57. The van der Waals surface area contributed by atoms with Gasteiger partial charge >= 0.3 is 5.63 Å². The van der Waals surface area contributed by atoms with Gasteiger partial charge in [-0.25, -0.2) is 9.78 Å². The summed E-state index contributed by atoms with van der Waals surface area (Å²) in [5.41, 5.74) is 1.96. The van der Waals surface area contributed by atoms with Crippen molar-refractivity contribution in [3.8, 4) is 5.75 Å². The number of hydrogen-bond donors (Lipinski definition) is 0. The fourth-order valence-electron chi connectivity index (χ4n) is 4.52. The monoisotopic (exact) mass is 498 g/mol. The average molecular weight is 499 g/mol. The van der Waals surface area contributed by atoms with Crippen LogP contribution < -0.4 is 15.9 Å². The number of nitrogens with zero attached hydrogens (tertiary/aromatic N) is 2. The number of aryl methyl sites for hydroxylation is 2. The fourth-order valence-corrected chi connectivity index (χ4v) is 6.67. The van der Waals surface area contributed by atoms with Gasteiger partial charge in [0.2, 0.25) is 0 Å². The van der Waals surface area contributed by atoms with Crippen molar-refractivity contribution in [2.24, 2.45) is 0 Å². The maximum absolute atomic E-state index is 13.7. The van der Waals surface area contributed by atoms with Gasteiger partial charge in [0.05, 0.1) is 25.1 Å². The van der Waals surface area contributed by atoms with Crippen molar-refractivity contribution in [3.05, 3.63) is 61.0 Å². The number of hydrogen-bond acceptors (Lipinski definition) is 8. The highest BCUT2D eigenvalue weighted by molar-refractivity contribution is 7.98. The van der Waals surface area contributed by atoms with Gasteiger partial charge in [-0.3, -0.25) is 9.36 Å². The van der Waals surface area contributed by atoms with E-state index in [9.17, 15) is 9.59 Å².